The average Bonchev–Trinajstić information content (AvgIpc) is 2.38. The van der Waals surface area contributed by atoms with Crippen molar-refractivity contribution >= 4 is 23.2 Å². The average molecular weight is 294 g/mol. The zero-order valence-corrected chi connectivity index (χ0v) is 11.5. The molecule has 0 bridgehead atoms. The van der Waals surface area contributed by atoms with Crippen LogP contribution in [0.3, 0.4) is 0 Å². The SMILES string of the molecule is C[C@@H](Oc1cccc(F)c1)C(=O)Nc1cccc(Cl)c1. The molecule has 1 amide bonds. The normalized spacial score (nSPS) is 11.8. The van der Waals surface area contributed by atoms with E-state index < -0.39 is 11.9 Å². The van der Waals surface area contributed by atoms with Crippen LogP contribution in [0.4, 0.5) is 10.1 Å². The summed E-state index contributed by atoms with van der Waals surface area (Å²) < 4.78 is 18.4. The molecule has 2 aromatic carbocycles. The minimum absolute atomic E-state index is 0.304. The van der Waals surface area contributed by atoms with Gasteiger partial charge in [-0.05, 0) is 37.3 Å². The van der Waals surface area contributed by atoms with Gasteiger partial charge in [-0.3, -0.25) is 4.79 Å². The van der Waals surface area contributed by atoms with Gasteiger partial charge in [-0.2, -0.15) is 0 Å². The molecule has 0 heterocycles. The predicted octanol–water partition coefficient (Wildman–Crippen LogP) is 3.89. The molecule has 2 aromatic rings. The molecule has 104 valence electrons. The van der Waals surface area contributed by atoms with E-state index in [9.17, 15) is 9.18 Å². The van der Waals surface area contributed by atoms with Crippen molar-refractivity contribution in [2.24, 2.45) is 0 Å². The summed E-state index contributed by atoms with van der Waals surface area (Å²) in [5.41, 5.74) is 0.581. The Morgan fingerprint density at radius 3 is 2.70 bits per heavy atom. The molecule has 1 N–H and O–H groups in total. The maximum Gasteiger partial charge on any atom is 0.265 e. The first-order valence-corrected chi connectivity index (χ1v) is 6.41. The maximum absolute atomic E-state index is 13.0. The van der Waals surface area contributed by atoms with Crippen LogP contribution in [0.25, 0.3) is 0 Å². The third kappa shape index (κ3) is 3.96. The van der Waals surface area contributed by atoms with Crippen molar-refractivity contribution in [1.82, 2.24) is 0 Å². The minimum atomic E-state index is -0.754. The summed E-state index contributed by atoms with van der Waals surface area (Å²) in [6.45, 7) is 1.59. The Morgan fingerprint density at radius 1 is 1.25 bits per heavy atom. The summed E-state index contributed by atoms with van der Waals surface area (Å²) in [5, 5.41) is 3.20. The first kappa shape index (κ1) is 14.3. The first-order valence-electron chi connectivity index (χ1n) is 6.03. The third-order valence-corrected chi connectivity index (χ3v) is 2.81. The second kappa shape index (κ2) is 6.39. The predicted molar refractivity (Wildman–Crippen MR) is 76.6 cm³/mol. The Kier molecular flexibility index (Phi) is 4.58. The van der Waals surface area contributed by atoms with Crippen LogP contribution < -0.4 is 10.1 Å². The van der Waals surface area contributed by atoms with E-state index in [4.69, 9.17) is 16.3 Å². The van der Waals surface area contributed by atoms with Crippen LogP contribution in [0.1, 0.15) is 6.92 Å². The largest absolute Gasteiger partial charge is 0.481 e. The Labute approximate surface area is 121 Å². The van der Waals surface area contributed by atoms with E-state index in [0.29, 0.717) is 16.5 Å². The van der Waals surface area contributed by atoms with Crippen molar-refractivity contribution < 1.29 is 13.9 Å². The van der Waals surface area contributed by atoms with Crippen molar-refractivity contribution in [3.05, 3.63) is 59.4 Å². The number of anilines is 1. The molecule has 0 aromatic heterocycles. The zero-order chi connectivity index (χ0) is 14.5. The van der Waals surface area contributed by atoms with E-state index in [-0.39, 0.29) is 5.91 Å². The number of halogens is 2. The Bertz CT molecular complexity index is 618. The molecule has 1 atom stereocenters. The number of amides is 1. The Balaban J connectivity index is 1.98. The van der Waals surface area contributed by atoms with Gasteiger partial charge in [-0.25, -0.2) is 4.39 Å². The summed E-state index contributed by atoms with van der Waals surface area (Å²) in [6, 6.07) is 12.4. The molecule has 0 aliphatic rings. The molecule has 2 rings (SSSR count). The smallest absolute Gasteiger partial charge is 0.265 e. The molecule has 5 heteroatoms. The zero-order valence-electron chi connectivity index (χ0n) is 10.8. The van der Waals surface area contributed by atoms with Gasteiger partial charge in [0.05, 0.1) is 0 Å². The monoisotopic (exact) mass is 293 g/mol. The number of nitrogens with one attached hydrogen (secondary N) is 1. The number of carbonyl (C=O) groups is 1. The fourth-order valence-electron chi connectivity index (χ4n) is 1.61. The van der Waals surface area contributed by atoms with Crippen LogP contribution in [0.5, 0.6) is 5.75 Å². The molecule has 0 aliphatic heterocycles. The molecule has 0 radical (unpaired) electrons. The molecule has 0 spiro atoms. The fraction of sp³-hybridized carbons (Fsp3) is 0.133. The molecule has 0 saturated heterocycles. The van der Waals surface area contributed by atoms with Crippen molar-refractivity contribution in [2.75, 3.05) is 5.32 Å². The summed E-state index contributed by atoms with van der Waals surface area (Å²) in [4.78, 5) is 11.9. The van der Waals surface area contributed by atoms with E-state index in [1.54, 1.807) is 37.3 Å². The molecular formula is C15H13ClFNO2. The quantitative estimate of drug-likeness (QED) is 0.929. The van der Waals surface area contributed by atoms with E-state index in [0.717, 1.165) is 0 Å². The van der Waals surface area contributed by atoms with E-state index in [1.807, 2.05) is 0 Å². The van der Waals surface area contributed by atoms with E-state index >= 15 is 0 Å². The third-order valence-electron chi connectivity index (χ3n) is 2.57. The number of hydrogen-bond acceptors (Lipinski definition) is 2. The van der Waals surface area contributed by atoms with E-state index in [1.165, 1.54) is 18.2 Å². The van der Waals surface area contributed by atoms with Crippen molar-refractivity contribution in [2.45, 2.75) is 13.0 Å². The van der Waals surface area contributed by atoms with Crippen molar-refractivity contribution in [1.29, 1.82) is 0 Å². The number of hydrogen-bond donors (Lipinski definition) is 1. The lowest BCUT2D eigenvalue weighted by atomic mass is 10.3. The van der Waals surface area contributed by atoms with Gasteiger partial charge in [0.15, 0.2) is 6.10 Å². The maximum atomic E-state index is 13.0. The topological polar surface area (TPSA) is 38.3 Å². The van der Waals surface area contributed by atoms with Crippen LogP contribution >= 0.6 is 11.6 Å². The standard InChI is InChI=1S/C15H13ClFNO2/c1-10(20-14-7-3-5-12(17)9-14)15(19)18-13-6-2-4-11(16)8-13/h2-10H,1H3,(H,18,19)/t10-/m1/s1. The lowest BCUT2D eigenvalue weighted by Gasteiger charge is -2.14. The second-order valence-corrected chi connectivity index (χ2v) is 4.65. The summed E-state index contributed by atoms with van der Waals surface area (Å²) in [6.07, 6.45) is -0.754. The second-order valence-electron chi connectivity index (χ2n) is 4.22. The highest BCUT2D eigenvalue weighted by Gasteiger charge is 2.15. The van der Waals surface area contributed by atoms with Crippen LogP contribution in [0.2, 0.25) is 5.02 Å². The molecule has 3 nitrogen and oxygen atoms in total. The van der Waals surface area contributed by atoms with Gasteiger partial charge in [-0.1, -0.05) is 23.7 Å². The van der Waals surface area contributed by atoms with Crippen LogP contribution in [0.15, 0.2) is 48.5 Å². The van der Waals surface area contributed by atoms with Crippen molar-refractivity contribution in [3.8, 4) is 5.75 Å². The van der Waals surface area contributed by atoms with E-state index in [2.05, 4.69) is 5.32 Å². The van der Waals surface area contributed by atoms with Gasteiger partial charge in [0.2, 0.25) is 0 Å². The molecule has 0 unspecified atom stereocenters. The molecule has 0 saturated carbocycles. The fourth-order valence-corrected chi connectivity index (χ4v) is 1.80. The molecule has 20 heavy (non-hydrogen) atoms. The van der Waals surface area contributed by atoms with Gasteiger partial charge >= 0.3 is 0 Å². The van der Waals surface area contributed by atoms with Gasteiger partial charge in [0.25, 0.3) is 5.91 Å². The highest BCUT2D eigenvalue weighted by atomic mass is 35.5. The highest BCUT2D eigenvalue weighted by Crippen LogP contribution is 2.17. The number of carbonyl (C=O) groups excluding carboxylic acids is 1. The van der Waals surface area contributed by atoms with Gasteiger partial charge in [-0.15, -0.1) is 0 Å². The van der Waals surface area contributed by atoms with Crippen LogP contribution in [-0.4, -0.2) is 12.0 Å². The number of benzene rings is 2. The summed E-state index contributed by atoms with van der Waals surface area (Å²) in [7, 11) is 0. The summed E-state index contributed by atoms with van der Waals surface area (Å²) >= 11 is 5.83. The lowest BCUT2D eigenvalue weighted by molar-refractivity contribution is -0.122. The summed E-state index contributed by atoms with van der Waals surface area (Å²) in [5.74, 6) is -0.444. The van der Waals surface area contributed by atoms with Crippen LogP contribution in [-0.2, 0) is 4.79 Å². The van der Waals surface area contributed by atoms with Gasteiger partial charge in [0, 0.05) is 16.8 Å². The Morgan fingerprint density at radius 2 is 2.00 bits per heavy atom. The van der Waals surface area contributed by atoms with Gasteiger partial charge < -0.3 is 10.1 Å². The van der Waals surface area contributed by atoms with Gasteiger partial charge in [0.1, 0.15) is 11.6 Å². The first-order chi connectivity index (χ1) is 9.54. The molecule has 0 fully saturated rings. The number of ether oxygens (including phenoxy) is 1. The number of rotatable bonds is 4. The lowest BCUT2D eigenvalue weighted by Crippen LogP contribution is -2.30. The van der Waals surface area contributed by atoms with Crippen LogP contribution in [0, 0.1) is 5.82 Å². The Hall–Kier alpha value is -2.07. The minimum Gasteiger partial charge on any atom is -0.481 e. The molecule has 0 aliphatic carbocycles. The highest BCUT2D eigenvalue weighted by molar-refractivity contribution is 6.30. The molecular weight excluding hydrogens is 281 g/mol. The van der Waals surface area contributed by atoms with Crippen molar-refractivity contribution in [3.63, 3.8) is 0 Å².